The number of carbonyl (C=O) groups excluding carboxylic acids is 1. The molecule has 0 spiro atoms. The van der Waals surface area contributed by atoms with Crippen molar-refractivity contribution in [2.45, 2.75) is 38.0 Å². The van der Waals surface area contributed by atoms with Gasteiger partial charge in [0.05, 0.1) is 11.6 Å². The molecule has 5 rings (SSSR count). The van der Waals surface area contributed by atoms with Gasteiger partial charge in [-0.1, -0.05) is 55.8 Å². The first-order valence-corrected chi connectivity index (χ1v) is 13.3. The van der Waals surface area contributed by atoms with Crippen LogP contribution in [0, 0.1) is 0 Å². The lowest BCUT2D eigenvalue weighted by molar-refractivity contribution is -0.139. The molecule has 1 aliphatic heterocycles. The van der Waals surface area contributed by atoms with E-state index in [1.807, 2.05) is 24.3 Å². The maximum atomic E-state index is 13.3. The summed E-state index contributed by atoms with van der Waals surface area (Å²) >= 11 is 5.97. The summed E-state index contributed by atoms with van der Waals surface area (Å²) in [5, 5.41) is 13.8. The third-order valence-corrected chi connectivity index (χ3v) is 7.50. The number of carboxylic acids is 1. The topological polar surface area (TPSA) is 69.6 Å². The Morgan fingerprint density at radius 3 is 2.05 bits per heavy atom. The molecule has 4 aromatic carbocycles. The van der Waals surface area contributed by atoms with Gasteiger partial charge >= 0.3 is 12.1 Å². The van der Waals surface area contributed by atoms with Crippen molar-refractivity contribution in [3.05, 3.63) is 118 Å². The Morgan fingerprint density at radius 2 is 1.49 bits per heavy atom. The monoisotopic (exact) mass is 578 g/mol. The van der Waals surface area contributed by atoms with Crippen molar-refractivity contribution in [1.82, 2.24) is 5.32 Å². The molecule has 5 nitrogen and oxygen atoms in total. The van der Waals surface area contributed by atoms with Crippen molar-refractivity contribution >= 4 is 34.9 Å². The van der Waals surface area contributed by atoms with E-state index in [4.69, 9.17) is 11.6 Å². The van der Waals surface area contributed by atoms with E-state index < -0.39 is 35.7 Å². The van der Waals surface area contributed by atoms with Crippen LogP contribution in [0.15, 0.2) is 91.0 Å². The van der Waals surface area contributed by atoms with Crippen molar-refractivity contribution in [2.24, 2.45) is 0 Å². The normalized spacial score (nSPS) is 16.5. The van der Waals surface area contributed by atoms with Crippen LogP contribution in [0.25, 0.3) is 11.1 Å². The van der Waals surface area contributed by atoms with Crippen LogP contribution < -0.4 is 10.2 Å². The Morgan fingerprint density at radius 1 is 0.878 bits per heavy atom. The molecule has 0 aromatic heterocycles. The number of rotatable bonds is 6. The molecule has 4 aromatic rings. The molecule has 1 amide bonds. The average molecular weight is 579 g/mol. The number of amides is 1. The van der Waals surface area contributed by atoms with Gasteiger partial charge in [-0.05, 0) is 83.3 Å². The molecule has 2 unspecified atom stereocenters. The van der Waals surface area contributed by atoms with Crippen LogP contribution in [0.1, 0.15) is 52.9 Å². The molecule has 2 atom stereocenters. The molecule has 0 saturated carbocycles. The second kappa shape index (κ2) is 10.9. The van der Waals surface area contributed by atoms with Gasteiger partial charge in [0.1, 0.15) is 0 Å². The maximum Gasteiger partial charge on any atom is 0.416 e. The van der Waals surface area contributed by atoms with Gasteiger partial charge in [-0.3, -0.25) is 4.79 Å². The van der Waals surface area contributed by atoms with Gasteiger partial charge in [0, 0.05) is 27.5 Å². The first-order chi connectivity index (χ1) is 19.4. The number of aliphatic carboxylic acids is 1. The van der Waals surface area contributed by atoms with E-state index in [1.165, 1.54) is 12.1 Å². The molecule has 9 heteroatoms. The third-order valence-electron chi connectivity index (χ3n) is 7.25. The smallest absolute Gasteiger partial charge is 0.416 e. The predicted octanol–water partition coefficient (Wildman–Crippen LogP) is 8.23. The zero-order valence-corrected chi connectivity index (χ0v) is 22.9. The number of anilines is 2. The highest BCUT2D eigenvalue weighted by Crippen LogP contribution is 2.46. The van der Waals surface area contributed by atoms with E-state index >= 15 is 0 Å². The number of benzene rings is 4. The summed E-state index contributed by atoms with van der Waals surface area (Å²) in [5.74, 6) is -1.35. The summed E-state index contributed by atoms with van der Waals surface area (Å²) in [5.41, 5.74) is 3.48. The summed E-state index contributed by atoms with van der Waals surface area (Å²) in [7, 11) is 0. The number of hydrogen-bond donors (Lipinski definition) is 2. The third kappa shape index (κ3) is 5.65. The van der Waals surface area contributed by atoms with Crippen molar-refractivity contribution in [3.8, 4) is 11.1 Å². The molecule has 0 bridgehead atoms. The van der Waals surface area contributed by atoms with Crippen LogP contribution in [0.3, 0.4) is 0 Å². The minimum absolute atomic E-state index is 0.280. The highest BCUT2D eigenvalue weighted by molar-refractivity contribution is 6.30. The highest BCUT2D eigenvalue weighted by Gasteiger charge is 2.45. The van der Waals surface area contributed by atoms with E-state index in [-0.39, 0.29) is 5.92 Å². The summed E-state index contributed by atoms with van der Waals surface area (Å²) < 4.78 is 39.4. The van der Waals surface area contributed by atoms with Crippen LogP contribution in [-0.2, 0) is 11.0 Å². The molecular weight excluding hydrogens is 553 g/mol. The summed E-state index contributed by atoms with van der Waals surface area (Å²) in [4.78, 5) is 27.7. The van der Waals surface area contributed by atoms with Gasteiger partial charge in [0.2, 0.25) is 0 Å². The second-order valence-electron chi connectivity index (χ2n) is 10.2. The number of nitrogens with zero attached hydrogens (tertiary/aromatic N) is 1. The van der Waals surface area contributed by atoms with Crippen LogP contribution >= 0.6 is 11.6 Å². The SMILES string of the molecule is CC(C)c1ccc(N2c3ccc(-c4ccc(C(F)(F)F)cc4)cc3C(NC(=O)c3ccc(Cl)cc3)C2C(=O)O)cc1. The molecule has 1 heterocycles. The van der Waals surface area contributed by atoms with Crippen LogP contribution in [0.2, 0.25) is 5.02 Å². The highest BCUT2D eigenvalue weighted by atomic mass is 35.5. The molecule has 2 N–H and O–H groups in total. The lowest BCUT2D eigenvalue weighted by atomic mass is 9.97. The van der Waals surface area contributed by atoms with Crippen molar-refractivity contribution in [3.63, 3.8) is 0 Å². The lowest BCUT2D eigenvalue weighted by Crippen LogP contribution is -2.44. The number of halogens is 4. The number of nitrogens with one attached hydrogen (secondary N) is 1. The largest absolute Gasteiger partial charge is 0.480 e. The van der Waals surface area contributed by atoms with Gasteiger partial charge in [-0.2, -0.15) is 13.2 Å². The van der Waals surface area contributed by atoms with Gasteiger partial charge in [-0.25, -0.2) is 4.79 Å². The standard InChI is InChI=1S/C32H26ClF3N2O3/c1-18(2)19-7-14-25(15-8-19)38-27-16-9-22(20-3-10-23(11-4-20)32(34,35)36)17-26(27)28(29(38)31(40)41)37-30(39)21-5-12-24(33)13-6-21/h3-18,28-29H,1-2H3,(H,37,39)(H,40,41). The van der Waals surface area contributed by atoms with Crippen LogP contribution in [-0.4, -0.2) is 23.0 Å². The fraction of sp³-hybridized carbons (Fsp3) is 0.188. The maximum absolute atomic E-state index is 13.3. The van der Waals surface area contributed by atoms with Gasteiger partial charge in [-0.15, -0.1) is 0 Å². The first kappa shape index (κ1) is 28.2. The van der Waals surface area contributed by atoms with Crippen molar-refractivity contribution in [2.75, 3.05) is 4.90 Å². The summed E-state index contributed by atoms with van der Waals surface area (Å²) in [6.45, 7) is 4.12. The number of carboxylic acid groups (broad SMARTS) is 1. The van der Waals surface area contributed by atoms with E-state index in [0.29, 0.717) is 38.7 Å². The minimum Gasteiger partial charge on any atom is -0.480 e. The number of carbonyl (C=O) groups is 2. The molecule has 0 aliphatic carbocycles. The van der Waals surface area contributed by atoms with Gasteiger partial charge in [0.25, 0.3) is 5.91 Å². The molecule has 1 aliphatic rings. The van der Waals surface area contributed by atoms with E-state index in [1.54, 1.807) is 47.4 Å². The summed E-state index contributed by atoms with van der Waals surface area (Å²) in [6, 6.07) is 21.6. The Kier molecular flexibility index (Phi) is 7.53. The molecule has 41 heavy (non-hydrogen) atoms. The minimum atomic E-state index is -4.46. The number of hydrogen-bond acceptors (Lipinski definition) is 3. The fourth-order valence-corrected chi connectivity index (χ4v) is 5.20. The van der Waals surface area contributed by atoms with Crippen molar-refractivity contribution in [1.29, 1.82) is 0 Å². The number of alkyl halides is 3. The molecule has 0 saturated heterocycles. The Balaban J connectivity index is 1.60. The summed E-state index contributed by atoms with van der Waals surface area (Å²) in [6.07, 6.45) is -4.46. The van der Waals surface area contributed by atoms with Crippen LogP contribution in [0.5, 0.6) is 0 Å². The first-order valence-electron chi connectivity index (χ1n) is 12.9. The van der Waals surface area contributed by atoms with E-state index in [2.05, 4.69) is 19.2 Å². The fourth-order valence-electron chi connectivity index (χ4n) is 5.08. The Labute approximate surface area is 240 Å². The Bertz CT molecular complexity index is 1590. The lowest BCUT2D eigenvalue weighted by Gasteiger charge is -2.28. The molecule has 210 valence electrons. The predicted molar refractivity (Wildman–Crippen MR) is 153 cm³/mol. The quantitative estimate of drug-likeness (QED) is 0.242. The molecule has 0 radical (unpaired) electrons. The number of fused-ring (bicyclic) bond motifs is 1. The van der Waals surface area contributed by atoms with E-state index in [9.17, 15) is 27.9 Å². The van der Waals surface area contributed by atoms with Gasteiger partial charge in [0.15, 0.2) is 6.04 Å². The molecular formula is C32H26ClF3N2O3. The average Bonchev–Trinajstić information content (AvgIpc) is 3.26. The van der Waals surface area contributed by atoms with Gasteiger partial charge < -0.3 is 15.3 Å². The second-order valence-corrected chi connectivity index (χ2v) is 10.6. The zero-order chi connectivity index (χ0) is 29.5. The zero-order valence-electron chi connectivity index (χ0n) is 22.1. The Hall–Kier alpha value is -4.30. The van der Waals surface area contributed by atoms with E-state index in [0.717, 1.165) is 17.7 Å². The molecule has 0 fully saturated rings. The van der Waals surface area contributed by atoms with Crippen LogP contribution in [0.4, 0.5) is 24.5 Å². The van der Waals surface area contributed by atoms with Crippen molar-refractivity contribution < 1.29 is 27.9 Å².